The highest BCUT2D eigenvalue weighted by Gasteiger charge is 2.37. The van der Waals surface area contributed by atoms with E-state index in [1.165, 1.54) is 5.56 Å². The quantitative estimate of drug-likeness (QED) is 0.878. The minimum Gasteiger partial charge on any atom is -0.481 e. The molecule has 1 amide bonds. The van der Waals surface area contributed by atoms with Gasteiger partial charge in [-0.05, 0) is 26.0 Å². The van der Waals surface area contributed by atoms with E-state index < -0.39 is 11.9 Å². The van der Waals surface area contributed by atoms with Gasteiger partial charge in [0.15, 0.2) is 0 Å². The SMILES string of the molecule is Cc1ccc(CN2CC(C(=O)O)CC(C(=O)N3CCN(C)CC3)C2)cc1. The van der Waals surface area contributed by atoms with E-state index in [-0.39, 0.29) is 11.8 Å². The summed E-state index contributed by atoms with van der Waals surface area (Å²) < 4.78 is 0. The van der Waals surface area contributed by atoms with Gasteiger partial charge in [-0.25, -0.2) is 0 Å². The van der Waals surface area contributed by atoms with E-state index in [1.54, 1.807) is 0 Å². The summed E-state index contributed by atoms with van der Waals surface area (Å²) in [5, 5.41) is 9.54. The molecule has 0 radical (unpaired) electrons. The van der Waals surface area contributed by atoms with Crippen LogP contribution in [-0.4, -0.2) is 78.0 Å². The zero-order valence-corrected chi connectivity index (χ0v) is 15.7. The number of aliphatic carboxylic acids is 1. The molecule has 0 aromatic heterocycles. The van der Waals surface area contributed by atoms with Gasteiger partial charge in [-0.3, -0.25) is 14.5 Å². The lowest BCUT2D eigenvalue weighted by molar-refractivity contribution is -0.148. The highest BCUT2D eigenvalue weighted by Crippen LogP contribution is 2.26. The van der Waals surface area contributed by atoms with E-state index in [9.17, 15) is 14.7 Å². The van der Waals surface area contributed by atoms with Crippen molar-refractivity contribution in [3.8, 4) is 0 Å². The largest absolute Gasteiger partial charge is 0.481 e. The number of carboxylic acids is 1. The number of hydrogen-bond acceptors (Lipinski definition) is 4. The minimum absolute atomic E-state index is 0.123. The van der Waals surface area contributed by atoms with E-state index in [0.29, 0.717) is 26.1 Å². The molecule has 0 saturated carbocycles. The summed E-state index contributed by atoms with van der Waals surface area (Å²) in [7, 11) is 2.06. The van der Waals surface area contributed by atoms with Gasteiger partial charge in [-0.1, -0.05) is 29.8 Å². The van der Waals surface area contributed by atoms with E-state index in [1.807, 2.05) is 4.90 Å². The Labute approximate surface area is 155 Å². The van der Waals surface area contributed by atoms with Gasteiger partial charge in [0.2, 0.25) is 5.91 Å². The fourth-order valence-corrected chi connectivity index (χ4v) is 3.91. The number of carbonyl (C=O) groups excluding carboxylic acids is 1. The number of piperidine rings is 1. The van der Waals surface area contributed by atoms with Gasteiger partial charge in [0, 0.05) is 45.8 Å². The molecule has 6 nitrogen and oxygen atoms in total. The number of carboxylic acid groups (broad SMARTS) is 1. The number of hydrogen-bond donors (Lipinski definition) is 1. The number of carbonyl (C=O) groups is 2. The third-order valence-corrected chi connectivity index (χ3v) is 5.57. The van der Waals surface area contributed by atoms with Gasteiger partial charge < -0.3 is 14.9 Å². The van der Waals surface area contributed by atoms with Gasteiger partial charge in [0.05, 0.1) is 11.8 Å². The summed E-state index contributed by atoms with van der Waals surface area (Å²) >= 11 is 0. The normalized spacial score (nSPS) is 25.2. The first-order valence-electron chi connectivity index (χ1n) is 9.40. The topological polar surface area (TPSA) is 64.1 Å². The van der Waals surface area contributed by atoms with Gasteiger partial charge >= 0.3 is 5.97 Å². The van der Waals surface area contributed by atoms with Crippen LogP contribution in [0.4, 0.5) is 0 Å². The maximum Gasteiger partial charge on any atom is 0.307 e. The second-order valence-corrected chi connectivity index (χ2v) is 7.78. The number of nitrogens with zero attached hydrogens (tertiary/aromatic N) is 3. The van der Waals surface area contributed by atoms with E-state index in [4.69, 9.17) is 0 Å². The average Bonchev–Trinajstić information content (AvgIpc) is 2.63. The molecule has 0 spiro atoms. The number of likely N-dealkylation sites (tertiary alicyclic amines) is 1. The molecule has 2 unspecified atom stereocenters. The van der Waals surface area contributed by atoms with Crippen molar-refractivity contribution >= 4 is 11.9 Å². The third kappa shape index (κ3) is 4.62. The second-order valence-electron chi connectivity index (χ2n) is 7.78. The Bertz CT molecular complexity index is 638. The molecule has 0 bridgehead atoms. The molecule has 2 fully saturated rings. The summed E-state index contributed by atoms with van der Waals surface area (Å²) in [6.07, 6.45) is 0.449. The van der Waals surface area contributed by atoms with Crippen LogP contribution >= 0.6 is 0 Å². The van der Waals surface area contributed by atoms with Gasteiger partial charge in [-0.15, -0.1) is 0 Å². The Balaban J connectivity index is 1.68. The predicted molar refractivity (Wildman–Crippen MR) is 99.8 cm³/mol. The number of amides is 1. The summed E-state index contributed by atoms with van der Waals surface area (Å²) in [6, 6.07) is 8.30. The Morgan fingerprint density at radius 2 is 1.65 bits per heavy atom. The smallest absolute Gasteiger partial charge is 0.307 e. The number of benzene rings is 1. The number of piperazine rings is 1. The van der Waals surface area contributed by atoms with Crippen molar-refractivity contribution < 1.29 is 14.7 Å². The molecule has 26 heavy (non-hydrogen) atoms. The van der Waals surface area contributed by atoms with Crippen LogP contribution in [0.3, 0.4) is 0 Å². The second kappa shape index (κ2) is 8.18. The lowest BCUT2D eigenvalue weighted by Gasteiger charge is -2.39. The first-order valence-corrected chi connectivity index (χ1v) is 9.40. The molecule has 2 atom stereocenters. The van der Waals surface area contributed by atoms with Crippen LogP contribution in [-0.2, 0) is 16.1 Å². The highest BCUT2D eigenvalue weighted by molar-refractivity contribution is 5.80. The van der Waals surface area contributed by atoms with Crippen molar-refractivity contribution in [3.05, 3.63) is 35.4 Å². The van der Waals surface area contributed by atoms with Crippen LogP contribution in [0.1, 0.15) is 17.5 Å². The van der Waals surface area contributed by atoms with Crippen LogP contribution in [0.5, 0.6) is 0 Å². The predicted octanol–water partition coefficient (Wildman–Crippen LogP) is 1.29. The summed E-state index contributed by atoms with van der Waals surface area (Å²) in [6.45, 7) is 7.13. The van der Waals surface area contributed by atoms with Crippen molar-refractivity contribution in [3.63, 3.8) is 0 Å². The zero-order chi connectivity index (χ0) is 18.7. The first kappa shape index (κ1) is 18.9. The van der Waals surface area contributed by atoms with Gasteiger partial charge in [-0.2, -0.15) is 0 Å². The monoisotopic (exact) mass is 359 g/mol. The standard InChI is InChI=1S/C20H29N3O3/c1-15-3-5-16(6-4-15)12-22-13-17(11-18(14-22)20(25)26)19(24)23-9-7-21(2)8-10-23/h3-6,17-18H,7-14H2,1-2H3,(H,25,26). The van der Waals surface area contributed by atoms with Crippen molar-refractivity contribution in [1.29, 1.82) is 0 Å². The highest BCUT2D eigenvalue weighted by atomic mass is 16.4. The van der Waals surface area contributed by atoms with E-state index in [0.717, 1.165) is 31.7 Å². The average molecular weight is 359 g/mol. The summed E-state index contributed by atoms with van der Waals surface area (Å²) in [4.78, 5) is 30.8. The van der Waals surface area contributed by atoms with Crippen LogP contribution in [0, 0.1) is 18.8 Å². The van der Waals surface area contributed by atoms with Crippen molar-refractivity contribution in [2.24, 2.45) is 11.8 Å². The fraction of sp³-hybridized carbons (Fsp3) is 0.600. The van der Waals surface area contributed by atoms with Crippen molar-refractivity contribution in [2.75, 3.05) is 46.3 Å². The molecule has 3 rings (SSSR count). The maximum absolute atomic E-state index is 13.0. The van der Waals surface area contributed by atoms with Crippen molar-refractivity contribution in [2.45, 2.75) is 19.9 Å². The van der Waals surface area contributed by atoms with E-state index in [2.05, 4.69) is 48.0 Å². The molecule has 1 N–H and O–H groups in total. The molecule has 6 heteroatoms. The van der Waals surface area contributed by atoms with E-state index >= 15 is 0 Å². The summed E-state index contributed by atoms with van der Waals surface area (Å²) in [5.41, 5.74) is 2.37. The third-order valence-electron chi connectivity index (χ3n) is 5.57. The Hall–Kier alpha value is -1.92. The molecule has 2 saturated heterocycles. The summed E-state index contributed by atoms with van der Waals surface area (Å²) in [5.74, 6) is -1.37. The molecular weight excluding hydrogens is 330 g/mol. The van der Waals surface area contributed by atoms with Crippen LogP contribution < -0.4 is 0 Å². The Kier molecular flexibility index (Phi) is 5.94. The molecule has 2 aliphatic heterocycles. The molecule has 142 valence electrons. The van der Waals surface area contributed by atoms with Gasteiger partial charge in [0.1, 0.15) is 0 Å². The van der Waals surface area contributed by atoms with Crippen LogP contribution in [0.15, 0.2) is 24.3 Å². The number of likely N-dealkylation sites (N-methyl/N-ethyl adjacent to an activating group) is 1. The number of aryl methyl sites for hydroxylation is 1. The molecular formula is C20H29N3O3. The molecule has 1 aromatic carbocycles. The number of rotatable bonds is 4. The van der Waals surface area contributed by atoms with Crippen molar-refractivity contribution in [1.82, 2.24) is 14.7 Å². The molecule has 0 aliphatic carbocycles. The van der Waals surface area contributed by atoms with Crippen LogP contribution in [0.2, 0.25) is 0 Å². The lowest BCUT2D eigenvalue weighted by atomic mass is 9.87. The Morgan fingerprint density at radius 3 is 2.27 bits per heavy atom. The molecule has 1 aromatic rings. The Morgan fingerprint density at radius 1 is 1.04 bits per heavy atom. The van der Waals surface area contributed by atoms with Crippen LogP contribution in [0.25, 0.3) is 0 Å². The fourth-order valence-electron chi connectivity index (χ4n) is 3.91. The molecule has 2 heterocycles. The van der Waals surface area contributed by atoms with Gasteiger partial charge in [0.25, 0.3) is 0 Å². The minimum atomic E-state index is -0.796. The molecule has 2 aliphatic rings. The zero-order valence-electron chi connectivity index (χ0n) is 15.7. The maximum atomic E-state index is 13.0. The lowest BCUT2D eigenvalue weighted by Crippen LogP contribution is -2.53. The first-order chi connectivity index (χ1) is 12.4.